The highest BCUT2D eigenvalue weighted by molar-refractivity contribution is 5.94. The Morgan fingerprint density at radius 2 is 2.00 bits per heavy atom. The summed E-state index contributed by atoms with van der Waals surface area (Å²) in [6, 6.07) is 0. The van der Waals surface area contributed by atoms with Crippen LogP contribution >= 0.6 is 0 Å². The Morgan fingerprint density at radius 3 is 2.31 bits per heavy atom. The Balaban J connectivity index is 4.93. The Bertz CT molecular complexity index is 259. The number of hydrogen-bond donors (Lipinski definition) is 0. The average molecular weight is 180 g/mol. The molecule has 0 aromatic rings. The SMILES string of the molecule is C=C/C(C)=C(\C(=C)C)C(=O)OCC. The van der Waals surface area contributed by atoms with Crippen LogP contribution in [-0.2, 0) is 9.53 Å². The molecular weight excluding hydrogens is 164 g/mol. The normalized spacial score (nSPS) is 11.6. The Hall–Kier alpha value is -1.31. The molecule has 2 heteroatoms. The molecule has 0 atom stereocenters. The van der Waals surface area contributed by atoms with E-state index in [0.717, 1.165) is 5.57 Å². The van der Waals surface area contributed by atoms with Crippen molar-refractivity contribution in [1.82, 2.24) is 0 Å². The largest absolute Gasteiger partial charge is 0.462 e. The minimum Gasteiger partial charge on any atom is -0.462 e. The zero-order chi connectivity index (χ0) is 10.4. The van der Waals surface area contributed by atoms with Crippen LogP contribution in [0.2, 0.25) is 0 Å². The molecule has 0 aliphatic carbocycles. The van der Waals surface area contributed by atoms with E-state index < -0.39 is 0 Å². The predicted octanol–water partition coefficient (Wildman–Crippen LogP) is 2.63. The third-order valence-corrected chi connectivity index (χ3v) is 1.61. The van der Waals surface area contributed by atoms with Crippen molar-refractivity contribution >= 4 is 5.97 Å². The van der Waals surface area contributed by atoms with Crippen LogP contribution in [0.25, 0.3) is 0 Å². The summed E-state index contributed by atoms with van der Waals surface area (Å²) < 4.78 is 4.88. The van der Waals surface area contributed by atoms with Crippen molar-refractivity contribution in [1.29, 1.82) is 0 Å². The molecule has 0 saturated carbocycles. The highest BCUT2D eigenvalue weighted by Crippen LogP contribution is 2.15. The zero-order valence-electron chi connectivity index (χ0n) is 8.52. The van der Waals surface area contributed by atoms with Gasteiger partial charge in [-0.2, -0.15) is 0 Å². The summed E-state index contributed by atoms with van der Waals surface area (Å²) in [5, 5.41) is 0. The van der Waals surface area contributed by atoms with E-state index >= 15 is 0 Å². The summed E-state index contributed by atoms with van der Waals surface area (Å²) in [7, 11) is 0. The van der Waals surface area contributed by atoms with Crippen molar-refractivity contribution in [3.05, 3.63) is 36.0 Å². The van der Waals surface area contributed by atoms with Crippen molar-refractivity contribution in [3.63, 3.8) is 0 Å². The van der Waals surface area contributed by atoms with Crippen molar-refractivity contribution in [3.8, 4) is 0 Å². The second kappa shape index (κ2) is 5.36. The predicted molar refractivity (Wildman–Crippen MR) is 54.3 cm³/mol. The number of carbonyl (C=O) groups excluding carboxylic acids is 1. The van der Waals surface area contributed by atoms with E-state index in [-0.39, 0.29) is 5.97 Å². The molecule has 0 aliphatic rings. The molecule has 0 aromatic heterocycles. The van der Waals surface area contributed by atoms with Gasteiger partial charge in [0.25, 0.3) is 0 Å². The lowest BCUT2D eigenvalue weighted by Gasteiger charge is -2.08. The summed E-state index contributed by atoms with van der Waals surface area (Å²) in [6.45, 7) is 13.1. The zero-order valence-corrected chi connectivity index (χ0v) is 8.52. The van der Waals surface area contributed by atoms with Gasteiger partial charge in [-0.1, -0.05) is 19.2 Å². The fourth-order valence-corrected chi connectivity index (χ4v) is 0.977. The fraction of sp³-hybridized carbons (Fsp3) is 0.364. The highest BCUT2D eigenvalue weighted by Gasteiger charge is 2.12. The molecule has 0 N–H and O–H groups in total. The van der Waals surface area contributed by atoms with Gasteiger partial charge in [-0.15, -0.1) is 0 Å². The first-order chi connectivity index (χ1) is 6.04. The van der Waals surface area contributed by atoms with Gasteiger partial charge in [-0.05, 0) is 31.9 Å². The number of allylic oxidation sites excluding steroid dienone is 2. The molecule has 13 heavy (non-hydrogen) atoms. The van der Waals surface area contributed by atoms with Crippen LogP contribution < -0.4 is 0 Å². The molecule has 0 radical (unpaired) electrons. The molecular formula is C11H16O2. The van der Waals surface area contributed by atoms with Crippen LogP contribution in [-0.4, -0.2) is 12.6 Å². The molecule has 72 valence electrons. The van der Waals surface area contributed by atoms with Crippen LogP contribution in [0.15, 0.2) is 36.0 Å². The summed E-state index contributed by atoms with van der Waals surface area (Å²) in [5.41, 5.74) is 2.03. The summed E-state index contributed by atoms with van der Waals surface area (Å²) in [6.07, 6.45) is 1.63. The molecule has 2 nitrogen and oxygen atoms in total. The van der Waals surface area contributed by atoms with Gasteiger partial charge in [0.2, 0.25) is 0 Å². The van der Waals surface area contributed by atoms with Crippen LogP contribution in [0.4, 0.5) is 0 Å². The molecule has 0 saturated heterocycles. The van der Waals surface area contributed by atoms with Crippen molar-refractivity contribution in [2.75, 3.05) is 6.61 Å². The Kier molecular flexibility index (Phi) is 4.82. The fourth-order valence-electron chi connectivity index (χ4n) is 0.977. The Labute approximate surface area is 79.6 Å². The van der Waals surface area contributed by atoms with Gasteiger partial charge in [0, 0.05) is 0 Å². The first-order valence-electron chi connectivity index (χ1n) is 4.20. The second-order valence-electron chi connectivity index (χ2n) is 2.76. The van der Waals surface area contributed by atoms with E-state index in [4.69, 9.17) is 4.74 Å². The van der Waals surface area contributed by atoms with E-state index in [1.54, 1.807) is 19.9 Å². The quantitative estimate of drug-likeness (QED) is 0.377. The number of rotatable bonds is 4. The minimum absolute atomic E-state index is 0.326. The van der Waals surface area contributed by atoms with E-state index in [2.05, 4.69) is 13.2 Å². The van der Waals surface area contributed by atoms with E-state index in [1.807, 2.05) is 6.92 Å². The molecule has 0 amide bonds. The lowest BCUT2D eigenvalue weighted by atomic mass is 10.0. The maximum atomic E-state index is 11.4. The topological polar surface area (TPSA) is 26.3 Å². The van der Waals surface area contributed by atoms with Gasteiger partial charge in [-0.25, -0.2) is 4.79 Å². The molecule has 0 aliphatic heterocycles. The van der Waals surface area contributed by atoms with Crippen LogP contribution in [0.3, 0.4) is 0 Å². The average Bonchev–Trinajstić information content (AvgIpc) is 2.04. The minimum atomic E-state index is -0.326. The van der Waals surface area contributed by atoms with Gasteiger partial charge in [0.05, 0.1) is 12.2 Å². The smallest absolute Gasteiger partial charge is 0.338 e. The Morgan fingerprint density at radius 1 is 1.46 bits per heavy atom. The van der Waals surface area contributed by atoms with Gasteiger partial charge in [-0.3, -0.25) is 0 Å². The monoisotopic (exact) mass is 180 g/mol. The van der Waals surface area contributed by atoms with Crippen LogP contribution in [0, 0.1) is 0 Å². The standard InChI is InChI=1S/C11H16O2/c1-6-9(5)10(8(3)4)11(12)13-7-2/h6H,1,3,7H2,2,4-5H3/b10-9+. The van der Waals surface area contributed by atoms with Gasteiger partial charge >= 0.3 is 5.97 Å². The molecule has 0 fully saturated rings. The van der Waals surface area contributed by atoms with E-state index in [0.29, 0.717) is 17.8 Å². The lowest BCUT2D eigenvalue weighted by molar-refractivity contribution is -0.138. The van der Waals surface area contributed by atoms with E-state index in [1.165, 1.54) is 0 Å². The molecule has 0 aromatic carbocycles. The third-order valence-electron chi connectivity index (χ3n) is 1.61. The van der Waals surface area contributed by atoms with E-state index in [9.17, 15) is 4.79 Å². The maximum absolute atomic E-state index is 11.4. The molecule has 0 spiro atoms. The molecule has 0 unspecified atom stereocenters. The van der Waals surface area contributed by atoms with Gasteiger partial charge in [0.15, 0.2) is 0 Å². The summed E-state index contributed by atoms with van der Waals surface area (Å²) >= 11 is 0. The second-order valence-corrected chi connectivity index (χ2v) is 2.76. The number of esters is 1. The van der Waals surface area contributed by atoms with Crippen molar-refractivity contribution in [2.24, 2.45) is 0 Å². The molecule has 0 rings (SSSR count). The summed E-state index contributed by atoms with van der Waals surface area (Å²) in [5.74, 6) is -0.326. The van der Waals surface area contributed by atoms with Gasteiger partial charge in [0.1, 0.15) is 0 Å². The highest BCUT2D eigenvalue weighted by atomic mass is 16.5. The number of hydrogen-bond acceptors (Lipinski definition) is 2. The first kappa shape index (κ1) is 11.7. The molecule has 0 heterocycles. The van der Waals surface area contributed by atoms with Gasteiger partial charge < -0.3 is 4.74 Å². The van der Waals surface area contributed by atoms with Crippen LogP contribution in [0.5, 0.6) is 0 Å². The maximum Gasteiger partial charge on any atom is 0.338 e. The first-order valence-corrected chi connectivity index (χ1v) is 4.20. The lowest BCUT2D eigenvalue weighted by Crippen LogP contribution is -2.09. The van der Waals surface area contributed by atoms with Crippen molar-refractivity contribution < 1.29 is 9.53 Å². The third kappa shape index (κ3) is 3.28. The molecule has 0 bridgehead atoms. The number of ether oxygens (including phenoxy) is 1. The summed E-state index contributed by atoms with van der Waals surface area (Å²) in [4.78, 5) is 11.4. The van der Waals surface area contributed by atoms with Crippen LogP contribution in [0.1, 0.15) is 20.8 Å². The number of carbonyl (C=O) groups is 1. The van der Waals surface area contributed by atoms with Crippen molar-refractivity contribution in [2.45, 2.75) is 20.8 Å².